The lowest BCUT2D eigenvalue weighted by Crippen LogP contribution is -2.14. The third kappa shape index (κ3) is 3.67. The van der Waals surface area contributed by atoms with Crippen LogP contribution in [0.4, 0.5) is 4.39 Å². The van der Waals surface area contributed by atoms with Gasteiger partial charge in [0.25, 0.3) is 0 Å². The number of rotatable bonds is 5. The molecule has 2 rings (SSSR count). The molecule has 0 spiro atoms. The Morgan fingerprint density at radius 2 is 2.15 bits per heavy atom. The second-order valence-electron chi connectivity index (χ2n) is 5.06. The lowest BCUT2D eigenvalue weighted by atomic mass is 10.0. The summed E-state index contributed by atoms with van der Waals surface area (Å²) < 4.78 is 16.0. The van der Waals surface area contributed by atoms with E-state index in [9.17, 15) is 4.39 Å². The van der Waals surface area contributed by atoms with Gasteiger partial charge in [-0.25, -0.2) is 4.39 Å². The molecule has 0 aliphatic carbocycles. The van der Waals surface area contributed by atoms with E-state index in [0.717, 1.165) is 17.7 Å². The number of hydrogen-bond acceptors (Lipinski definition) is 2. The van der Waals surface area contributed by atoms with E-state index < -0.39 is 0 Å². The molecule has 0 fully saturated rings. The topological polar surface area (TPSA) is 43.8 Å². The molecule has 3 nitrogen and oxygen atoms in total. The molecule has 2 N–H and O–H groups in total. The van der Waals surface area contributed by atoms with Gasteiger partial charge in [-0.15, -0.1) is 0 Å². The van der Waals surface area contributed by atoms with Gasteiger partial charge in [0, 0.05) is 29.2 Å². The van der Waals surface area contributed by atoms with Gasteiger partial charge in [0.2, 0.25) is 0 Å². The van der Waals surface area contributed by atoms with Crippen LogP contribution in [0, 0.1) is 5.82 Å². The van der Waals surface area contributed by atoms with Gasteiger partial charge >= 0.3 is 0 Å². The molecule has 1 heterocycles. The van der Waals surface area contributed by atoms with Gasteiger partial charge in [-0.1, -0.05) is 22.9 Å². The van der Waals surface area contributed by atoms with Crippen LogP contribution in [0.25, 0.3) is 0 Å². The van der Waals surface area contributed by atoms with E-state index in [2.05, 4.69) is 34.9 Å². The molecule has 0 aliphatic heterocycles. The lowest BCUT2D eigenvalue weighted by Gasteiger charge is -2.12. The zero-order valence-corrected chi connectivity index (χ0v) is 13.3. The van der Waals surface area contributed by atoms with E-state index in [1.54, 1.807) is 0 Å². The van der Waals surface area contributed by atoms with E-state index >= 15 is 0 Å². The van der Waals surface area contributed by atoms with Gasteiger partial charge in [-0.3, -0.25) is 4.68 Å². The summed E-state index contributed by atoms with van der Waals surface area (Å²) in [6.45, 7) is 4.25. The van der Waals surface area contributed by atoms with Crippen molar-refractivity contribution in [2.24, 2.45) is 5.73 Å². The summed E-state index contributed by atoms with van der Waals surface area (Å²) in [5, 5.41) is 4.52. The van der Waals surface area contributed by atoms with Crippen LogP contribution in [0.5, 0.6) is 0 Å². The molecule has 1 aromatic heterocycles. The van der Waals surface area contributed by atoms with Crippen molar-refractivity contribution in [1.82, 2.24) is 9.78 Å². The smallest absolute Gasteiger partial charge is 0.124 e. The van der Waals surface area contributed by atoms with Gasteiger partial charge in [-0.05, 0) is 43.2 Å². The average molecular weight is 340 g/mol. The monoisotopic (exact) mass is 339 g/mol. The Kier molecular flexibility index (Phi) is 4.94. The van der Waals surface area contributed by atoms with Crippen molar-refractivity contribution in [3.8, 4) is 0 Å². The average Bonchev–Trinajstić information content (AvgIpc) is 2.85. The second-order valence-corrected chi connectivity index (χ2v) is 5.97. The van der Waals surface area contributed by atoms with Crippen LogP contribution < -0.4 is 5.73 Å². The number of halogens is 2. The zero-order valence-electron chi connectivity index (χ0n) is 11.7. The highest BCUT2D eigenvalue weighted by Crippen LogP contribution is 2.21. The van der Waals surface area contributed by atoms with E-state index in [4.69, 9.17) is 5.73 Å². The van der Waals surface area contributed by atoms with Crippen molar-refractivity contribution < 1.29 is 4.39 Å². The first kappa shape index (κ1) is 15.2. The maximum absolute atomic E-state index is 13.4. The summed E-state index contributed by atoms with van der Waals surface area (Å²) in [7, 11) is 0. The second kappa shape index (κ2) is 6.50. The van der Waals surface area contributed by atoms with Crippen molar-refractivity contribution in [3.63, 3.8) is 0 Å². The normalized spacial score (nSPS) is 14.2. The quantitative estimate of drug-likeness (QED) is 0.894. The summed E-state index contributed by atoms with van der Waals surface area (Å²) in [5.41, 5.74) is 7.85. The minimum Gasteiger partial charge on any atom is -0.324 e. The summed E-state index contributed by atoms with van der Waals surface area (Å²) in [5.74, 6) is -0.282. The first-order valence-corrected chi connectivity index (χ1v) is 7.54. The maximum atomic E-state index is 13.4. The Morgan fingerprint density at radius 1 is 1.40 bits per heavy atom. The summed E-state index contributed by atoms with van der Waals surface area (Å²) >= 11 is 3.28. The van der Waals surface area contributed by atoms with Gasteiger partial charge < -0.3 is 5.73 Å². The highest BCUT2D eigenvalue weighted by Gasteiger charge is 2.12. The molecule has 1 aromatic carbocycles. The van der Waals surface area contributed by atoms with Crippen molar-refractivity contribution in [3.05, 3.63) is 52.0 Å². The molecule has 5 heteroatoms. The molecule has 2 aromatic rings. The van der Waals surface area contributed by atoms with Crippen molar-refractivity contribution in [2.75, 3.05) is 0 Å². The SMILES string of the molecule is CCC(C)n1ccc(CC(N)c2cc(F)cc(Br)c2)n1. The fourth-order valence-electron chi connectivity index (χ4n) is 2.05. The van der Waals surface area contributed by atoms with E-state index in [1.807, 2.05) is 23.0 Å². The van der Waals surface area contributed by atoms with Gasteiger partial charge in [0.05, 0.1) is 5.69 Å². The van der Waals surface area contributed by atoms with Gasteiger partial charge in [-0.2, -0.15) is 5.10 Å². The maximum Gasteiger partial charge on any atom is 0.124 e. The largest absolute Gasteiger partial charge is 0.324 e. The Balaban J connectivity index is 2.11. The Bertz CT molecular complexity index is 562. The third-order valence-corrected chi connectivity index (χ3v) is 3.91. The van der Waals surface area contributed by atoms with Crippen LogP contribution in [0.15, 0.2) is 34.9 Å². The fourth-order valence-corrected chi connectivity index (χ4v) is 2.53. The van der Waals surface area contributed by atoms with Crippen molar-refractivity contribution in [1.29, 1.82) is 0 Å². The molecule has 108 valence electrons. The number of nitrogens with two attached hydrogens (primary N) is 1. The van der Waals surface area contributed by atoms with Crippen LogP contribution in [0.1, 0.15) is 43.6 Å². The van der Waals surface area contributed by atoms with Crippen LogP contribution in [-0.4, -0.2) is 9.78 Å². The molecule has 0 aliphatic rings. The molecule has 2 atom stereocenters. The zero-order chi connectivity index (χ0) is 14.7. The summed E-state index contributed by atoms with van der Waals surface area (Å²) in [6, 6.07) is 6.83. The van der Waals surface area contributed by atoms with Crippen LogP contribution in [0.2, 0.25) is 0 Å². The minimum absolute atomic E-state index is 0.262. The molecule has 0 saturated heterocycles. The standard InChI is InChI=1S/C15H19BrFN3/c1-3-10(2)20-5-4-14(19-20)9-15(18)11-6-12(16)8-13(17)7-11/h4-8,10,15H,3,9,18H2,1-2H3. The first-order chi connectivity index (χ1) is 9.49. The van der Waals surface area contributed by atoms with Crippen LogP contribution >= 0.6 is 15.9 Å². The van der Waals surface area contributed by atoms with Crippen molar-refractivity contribution >= 4 is 15.9 Å². The Labute approximate surface area is 127 Å². The predicted molar refractivity (Wildman–Crippen MR) is 82.0 cm³/mol. The van der Waals surface area contributed by atoms with E-state index in [0.29, 0.717) is 16.9 Å². The molecular formula is C15H19BrFN3. The molecule has 0 saturated carbocycles. The van der Waals surface area contributed by atoms with Crippen molar-refractivity contribution in [2.45, 2.75) is 38.8 Å². The highest BCUT2D eigenvalue weighted by atomic mass is 79.9. The molecule has 0 bridgehead atoms. The summed E-state index contributed by atoms with van der Waals surface area (Å²) in [6.07, 6.45) is 3.60. The lowest BCUT2D eigenvalue weighted by molar-refractivity contribution is 0.472. The van der Waals surface area contributed by atoms with Crippen LogP contribution in [0.3, 0.4) is 0 Å². The molecule has 2 unspecified atom stereocenters. The molecule has 20 heavy (non-hydrogen) atoms. The Morgan fingerprint density at radius 3 is 2.80 bits per heavy atom. The molecule has 0 radical (unpaired) electrons. The van der Waals surface area contributed by atoms with Gasteiger partial charge in [0.1, 0.15) is 5.82 Å². The Hall–Kier alpha value is -1.20. The number of hydrogen-bond donors (Lipinski definition) is 1. The molecule has 0 amide bonds. The summed E-state index contributed by atoms with van der Waals surface area (Å²) in [4.78, 5) is 0. The first-order valence-electron chi connectivity index (χ1n) is 6.75. The minimum atomic E-state index is -0.282. The fraction of sp³-hybridized carbons (Fsp3) is 0.400. The number of aromatic nitrogens is 2. The molecular weight excluding hydrogens is 321 g/mol. The predicted octanol–water partition coefficient (Wildman–Crippen LogP) is 4.00. The highest BCUT2D eigenvalue weighted by molar-refractivity contribution is 9.10. The number of benzene rings is 1. The van der Waals surface area contributed by atoms with E-state index in [1.165, 1.54) is 12.1 Å². The van der Waals surface area contributed by atoms with Crippen LogP contribution in [-0.2, 0) is 6.42 Å². The third-order valence-electron chi connectivity index (χ3n) is 3.45. The van der Waals surface area contributed by atoms with Gasteiger partial charge in [0.15, 0.2) is 0 Å². The number of nitrogens with zero attached hydrogens (tertiary/aromatic N) is 2. The van der Waals surface area contributed by atoms with E-state index in [-0.39, 0.29) is 11.9 Å².